The summed E-state index contributed by atoms with van der Waals surface area (Å²) < 4.78 is 1.61. The summed E-state index contributed by atoms with van der Waals surface area (Å²) in [6.45, 7) is 3.21. The van der Waals surface area contributed by atoms with Crippen LogP contribution >= 0.6 is 23.2 Å². The van der Waals surface area contributed by atoms with Gasteiger partial charge in [0.1, 0.15) is 22.8 Å². The Balaban J connectivity index is 1.09. The number of hydrogen-bond donors (Lipinski definition) is 2. The number of anilines is 2. The molecule has 15 heteroatoms. The van der Waals surface area contributed by atoms with Crippen molar-refractivity contribution in [1.29, 1.82) is 5.26 Å². The number of carbonyl (C=O) groups is 4. The molecule has 2 aromatic carbocycles. The summed E-state index contributed by atoms with van der Waals surface area (Å²) >= 11 is 12.7. The van der Waals surface area contributed by atoms with Crippen molar-refractivity contribution in [2.75, 3.05) is 4.90 Å². The predicted molar refractivity (Wildman–Crippen MR) is 198 cm³/mol. The maximum Gasteiger partial charge on any atom is 0.270 e. The van der Waals surface area contributed by atoms with E-state index in [1.807, 2.05) is 30.3 Å². The third kappa shape index (κ3) is 6.07. The number of rotatable bonds is 10. The summed E-state index contributed by atoms with van der Waals surface area (Å²) in [5.41, 5.74) is 0.783. The van der Waals surface area contributed by atoms with Crippen molar-refractivity contribution in [2.45, 2.75) is 62.6 Å². The number of Topliss-reactive ketones (excluding diaryl/α,β-unsaturated/α-hetero) is 1. The van der Waals surface area contributed by atoms with Gasteiger partial charge in [0.2, 0.25) is 17.7 Å². The molecule has 54 heavy (non-hydrogen) atoms. The van der Waals surface area contributed by atoms with Crippen LogP contribution in [-0.2, 0) is 27.1 Å². The SMILES string of the molecule is CC(=O)c1ccc(C2(NC(=O)C3(NC(=O)c4cnc5n4[C@](C)(Cc4ccc(-c6cnc(C#N)nc6)cc4)C(=O)N5c4cc(Cl)cc(Cl)c4)CC3)CC2)nc1. The van der Waals surface area contributed by atoms with Crippen LogP contribution < -0.4 is 15.5 Å². The van der Waals surface area contributed by atoms with Gasteiger partial charge < -0.3 is 10.6 Å². The quantitative estimate of drug-likeness (QED) is 0.166. The molecular formula is C39H31Cl2N9O4. The molecule has 270 valence electrons. The molecule has 4 heterocycles. The van der Waals surface area contributed by atoms with Crippen molar-refractivity contribution < 1.29 is 19.2 Å². The lowest BCUT2D eigenvalue weighted by atomic mass is 9.90. The molecule has 0 unspecified atom stereocenters. The summed E-state index contributed by atoms with van der Waals surface area (Å²) in [6.07, 6.45) is 8.44. The highest BCUT2D eigenvalue weighted by Gasteiger charge is 2.57. The second kappa shape index (κ2) is 12.9. The second-order valence-electron chi connectivity index (χ2n) is 14.2. The molecule has 0 saturated heterocycles. The molecule has 0 bridgehead atoms. The number of halogens is 2. The van der Waals surface area contributed by atoms with Gasteiger partial charge in [-0.05, 0) is 81.0 Å². The molecule has 13 nitrogen and oxygen atoms in total. The first kappa shape index (κ1) is 35.1. The third-order valence-electron chi connectivity index (χ3n) is 10.3. The van der Waals surface area contributed by atoms with E-state index in [4.69, 9.17) is 28.5 Å². The lowest BCUT2D eigenvalue weighted by molar-refractivity contribution is -0.125. The highest BCUT2D eigenvalue weighted by molar-refractivity contribution is 6.35. The first-order chi connectivity index (χ1) is 25.8. The van der Waals surface area contributed by atoms with Gasteiger partial charge in [-0.1, -0.05) is 47.5 Å². The van der Waals surface area contributed by atoms with Gasteiger partial charge in [-0.3, -0.25) is 28.7 Å². The maximum atomic E-state index is 14.6. The van der Waals surface area contributed by atoms with Crippen molar-refractivity contribution in [3.05, 3.63) is 118 Å². The summed E-state index contributed by atoms with van der Waals surface area (Å²) in [4.78, 5) is 72.9. The van der Waals surface area contributed by atoms with Crippen LogP contribution in [0.4, 0.5) is 11.6 Å². The molecule has 3 amide bonds. The van der Waals surface area contributed by atoms with Gasteiger partial charge in [-0.15, -0.1) is 0 Å². The number of benzene rings is 2. The van der Waals surface area contributed by atoms with Crippen LogP contribution in [0.5, 0.6) is 0 Å². The summed E-state index contributed by atoms with van der Waals surface area (Å²) in [5.74, 6) is -1.08. The number of amides is 3. The molecule has 3 aliphatic rings. The van der Waals surface area contributed by atoms with E-state index in [2.05, 4.69) is 30.6 Å². The largest absolute Gasteiger partial charge is 0.343 e. The minimum absolute atomic E-state index is 0.0687. The van der Waals surface area contributed by atoms with Crippen molar-refractivity contribution in [3.63, 3.8) is 0 Å². The van der Waals surface area contributed by atoms with Crippen LogP contribution in [0.1, 0.15) is 77.5 Å². The minimum Gasteiger partial charge on any atom is -0.343 e. The van der Waals surface area contributed by atoms with Crippen molar-refractivity contribution >= 4 is 58.3 Å². The van der Waals surface area contributed by atoms with Crippen LogP contribution in [-0.4, -0.2) is 53.5 Å². The number of pyridine rings is 1. The number of carbonyl (C=O) groups excluding carboxylic acids is 4. The normalized spacial score (nSPS) is 18.7. The minimum atomic E-state index is -1.35. The zero-order valence-electron chi connectivity index (χ0n) is 29.1. The summed E-state index contributed by atoms with van der Waals surface area (Å²) in [5, 5.41) is 15.8. The summed E-state index contributed by atoms with van der Waals surface area (Å²) in [6, 6.07) is 17.6. The highest BCUT2D eigenvalue weighted by Crippen LogP contribution is 2.47. The molecule has 2 N–H and O–H groups in total. The number of aromatic nitrogens is 5. The van der Waals surface area contributed by atoms with Crippen LogP contribution in [0.15, 0.2) is 79.4 Å². The smallest absolute Gasteiger partial charge is 0.270 e. The Morgan fingerprint density at radius 1 is 0.852 bits per heavy atom. The van der Waals surface area contributed by atoms with E-state index in [9.17, 15) is 19.2 Å². The Labute approximate surface area is 319 Å². The average Bonchev–Trinajstić information content (AvgIpc) is 4.06. The molecule has 3 aromatic heterocycles. The molecule has 5 aromatic rings. The number of nitrogens with one attached hydrogen (secondary N) is 2. The molecule has 2 fully saturated rings. The van der Waals surface area contributed by atoms with Gasteiger partial charge in [-0.25, -0.2) is 19.9 Å². The maximum absolute atomic E-state index is 14.6. The molecule has 0 radical (unpaired) electrons. The van der Waals surface area contributed by atoms with Crippen LogP contribution in [0, 0.1) is 11.3 Å². The van der Waals surface area contributed by atoms with E-state index in [1.165, 1.54) is 24.2 Å². The van der Waals surface area contributed by atoms with E-state index >= 15 is 0 Å². The average molecular weight is 761 g/mol. The van der Waals surface area contributed by atoms with E-state index in [0.717, 1.165) is 16.7 Å². The Bertz CT molecular complexity index is 2400. The molecule has 2 aliphatic carbocycles. The lowest BCUT2D eigenvalue weighted by Gasteiger charge is -2.27. The Morgan fingerprint density at radius 3 is 2.11 bits per heavy atom. The van der Waals surface area contributed by atoms with E-state index in [1.54, 1.807) is 54.2 Å². The molecule has 0 spiro atoms. The molecule has 8 rings (SSSR count). The Kier molecular flexibility index (Phi) is 8.35. The van der Waals surface area contributed by atoms with Gasteiger partial charge in [0.05, 0.1) is 23.1 Å². The molecule has 2 saturated carbocycles. The van der Waals surface area contributed by atoms with Gasteiger partial charge in [0, 0.05) is 46.2 Å². The second-order valence-corrected chi connectivity index (χ2v) is 15.0. The third-order valence-corrected chi connectivity index (χ3v) is 10.8. The fraction of sp³-hybridized carbons (Fsp3) is 0.256. The Morgan fingerprint density at radius 2 is 1.54 bits per heavy atom. The predicted octanol–water partition coefficient (Wildman–Crippen LogP) is 5.82. The van der Waals surface area contributed by atoms with Crippen LogP contribution in [0.25, 0.3) is 11.1 Å². The lowest BCUT2D eigenvalue weighted by Crippen LogP contribution is -2.52. The number of nitriles is 1. The fourth-order valence-electron chi connectivity index (χ4n) is 6.98. The number of ketones is 1. The van der Waals surface area contributed by atoms with Crippen molar-refractivity contribution in [1.82, 2.24) is 35.1 Å². The number of nitrogens with zero attached hydrogens (tertiary/aromatic N) is 7. The van der Waals surface area contributed by atoms with Crippen molar-refractivity contribution in [2.24, 2.45) is 0 Å². The standard InChI is InChI=1S/C39H31Cl2N9O4/c1-22(51)25-7-8-31(43-18-25)38(9-10-38)48-34(53)39(11-12-39)47-33(52)30-21-46-36-49(29-14-27(40)13-28(41)15-29)35(54)37(2,50(30)36)16-23-3-5-24(6-4-23)26-19-44-32(17-42)45-20-26/h3-8,13-15,18-21H,9-12,16H2,1-2H3,(H,47,52)(H,48,53)/t37-/m1/s1. The fourth-order valence-corrected chi connectivity index (χ4v) is 7.50. The number of hydrogen-bond acceptors (Lipinski definition) is 9. The van der Waals surface area contributed by atoms with Gasteiger partial charge in [-0.2, -0.15) is 5.26 Å². The first-order valence-corrected chi connectivity index (χ1v) is 17.9. The molecule has 1 atom stereocenters. The zero-order valence-corrected chi connectivity index (χ0v) is 30.6. The van der Waals surface area contributed by atoms with Gasteiger partial charge in [0.25, 0.3) is 11.8 Å². The van der Waals surface area contributed by atoms with Gasteiger partial charge in [0.15, 0.2) is 5.78 Å². The van der Waals surface area contributed by atoms with Crippen molar-refractivity contribution in [3.8, 4) is 17.2 Å². The number of fused-ring (bicyclic) bond motifs is 1. The van der Waals surface area contributed by atoms with Gasteiger partial charge >= 0.3 is 0 Å². The molecule has 1 aliphatic heterocycles. The first-order valence-electron chi connectivity index (χ1n) is 17.2. The van der Waals surface area contributed by atoms with Crippen LogP contribution in [0.2, 0.25) is 10.0 Å². The summed E-state index contributed by atoms with van der Waals surface area (Å²) in [7, 11) is 0. The zero-order chi connectivity index (χ0) is 38.0. The number of imidazole rings is 1. The highest BCUT2D eigenvalue weighted by atomic mass is 35.5. The Hall–Kier alpha value is -5.97. The van der Waals surface area contributed by atoms with Crippen LogP contribution in [0.3, 0.4) is 0 Å². The molecular weight excluding hydrogens is 729 g/mol. The van der Waals surface area contributed by atoms with E-state index < -0.39 is 22.5 Å². The van der Waals surface area contributed by atoms with E-state index in [-0.39, 0.29) is 41.5 Å². The monoisotopic (exact) mass is 759 g/mol. The topological polar surface area (TPSA) is 176 Å². The van der Waals surface area contributed by atoms with E-state index in [0.29, 0.717) is 52.7 Å².